The second kappa shape index (κ2) is 3.34. The Morgan fingerprint density at radius 1 is 1.64 bits per heavy atom. The fraction of sp³-hybridized carbons (Fsp3) is 0.750. The molecular weight excluding hydrogens is 142 g/mol. The van der Waals surface area contributed by atoms with E-state index in [4.69, 9.17) is 15.2 Å². The van der Waals surface area contributed by atoms with Crippen LogP contribution in [0.1, 0.15) is 6.42 Å². The van der Waals surface area contributed by atoms with Crippen LogP contribution in [0.4, 0.5) is 0 Å². The summed E-state index contributed by atoms with van der Waals surface area (Å²) in [6.07, 6.45) is 4.98. The molecule has 1 aliphatic rings. The van der Waals surface area contributed by atoms with E-state index in [0.29, 0.717) is 6.54 Å². The van der Waals surface area contributed by atoms with Crippen molar-refractivity contribution in [3.63, 3.8) is 0 Å². The molecule has 0 aliphatic heterocycles. The van der Waals surface area contributed by atoms with Crippen molar-refractivity contribution in [2.45, 2.75) is 18.1 Å². The number of nitrogens with two attached hydrogens (primary N) is 1. The van der Waals surface area contributed by atoms with Gasteiger partial charge < -0.3 is 15.2 Å². The van der Waals surface area contributed by atoms with Crippen molar-refractivity contribution in [3.05, 3.63) is 12.2 Å². The first-order chi connectivity index (χ1) is 5.26. The van der Waals surface area contributed by atoms with E-state index in [1.165, 1.54) is 0 Å². The van der Waals surface area contributed by atoms with Crippen LogP contribution in [0.25, 0.3) is 0 Å². The van der Waals surface area contributed by atoms with Gasteiger partial charge in [0.15, 0.2) is 0 Å². The van der Waals surface area contributed by atoms with Crippen LogP contribution in [0.5, 0.6) is 0 Å². The lowest BCUT2D eigenvalue weighted by atomic mass is 10.0. The topological polar surface area (TPSA) is 44.5 Å². The zero-order valence-electron chi connectivity index (χ0n) is 7.04. The van der Waals surface area contributed by atoms with Crippen LogP contribution in [-0.4, -0.2) is 32.5 Å². The summed E-state index contributed by atoms with van der Waals surface area (Å²) in [4.78, 5) is 0. The quantitative estimate of drug-likeness (QED) is 0.599. The molecule has 1 aliphatic carbocycles. The summed E-state index contributed by atoms with van der Waals surface area (Å²) < 4.78 is 10.4. The molecule has 2 N–H and O–H groups in total. The van der Waals surface area contributed by atoms with Crippen molar-refractivity contribution in [2.75, 3.05) is 20.8 Å². The zero-order chi connectivity index (χ0) is 8.32. The first-order valence-electron chi connectivity index (χ1n) is 3.74. The Bertz CT molecular complexity index is 152. The van der Waals surface area contributed by atoms with Crippen LogP contribution in [0.15, 0.2) is 12.2 Å². The molecule has 3 nitrogen and oxygen atoms in total. The molecule has 0 spiro atoms. The molecule has 0 aromatic carbocycles. The van der Waals surface area contributed by atoms with Crippen LogP contribution in [0.3, 0.4) is 0 Å². The summed E-state index contributed by atoms with van der Waals surface area (Å²) in [5, 5.41) is 0. The number of ether oxygens (including phenoxy) is 2. The lowest BCUT2D eigenvalue weighted by Gasteiger charge is -2.24. The Hall–Kier alpha value is -0.380. The maximum absolute atomic E-state index is 5.56. The third-order valence-corrected chi connectivity index (χ3v) is 2.22. The van der Waals surface area contributed by atoms with Gasteiger partial charge in [0, 0.05) is 27.2 Å². The highest BCUT2D eigenvalue weighted by Gasteiger charge is 2.33. The highest BCUT2D eigenvalue weighted by atomic mass is 16.5. The van der Waals surface area contributed by atoms with Gasteiger partial charge in [-0.3, -0.25) is 0 Å². The molecular formula is C8H15NO2. The Morgan fingerprint density at radius 3 is 2.64 bits per heavy atom. The summed E-state index contributed by atoms with van der Waals surface area (Å²) in [7, 11) is 3.37. The van der Waals surface area contributed by atoms with Crippen molar-refractivity contribution >= 4 is 0 Å². The highest BCUT2D eigenvalue weighted by molar-refractivity contribution is 5.14. The van der Waals surface area contributed by atoms with Gasteiger partial charge in [-0.15, -0.1) is 0 Å². The van der Waals surface area contributed by atoms with Crippen molar-refractivity contribution in [1.82, 2.24) is 0 Å². The monoisotopic (exact) mass is 157 g/mol. The Morgan fingerprint density at radius 2 is 2.36 bits per heavy atom. The standard InChI is InChI=1S/C8H15NO2/c1-10-7-3-4-8(5-7,6-9)11-2/h3-4,7H,5-6,9H2,1-2H3. The number of methoxy groups -OCH3 is 2. The summed E-state index contributed by atoms with van der Waals surface area (Å²) in [6, 6.07) is 0. The molecule has 0 bridgehead atoms. The highest BCUT2D eigenvalue weighted by Crippen LogP contribution is 2.26. The van der Waals surface area contributed by atoms with Gasteiger partial charge in [-0.1, -0.05) is 12.2 Å². The summed E-state index contributed by atoms with van der Waals surface area (Å²) >= 11 is 0. The SMILES string of the molecule is COC1C=CC(CN)(OC)C1. The average molecular weight is 157 g/mol. The first kappa shape index (κ1) is 8.71. The molecule has 64 valence electrons. The van der Waals surface area contributed by atoms with Crippen LogP contribution in [0, 0.1) is 0 Å². The van der Waals surface area contributed by atoms with Crippen molar-refractivity contribution in [2.24, 2.45) is 5.73 Å². The molecule has 1 rings (SSSR count). The lowest BCUT2D eigenvalue weighted by Crippen LogP contribution is -2.37. The second-order valence-electron chi connectivity index (χ2n) is 2.81. The van der Waals surface area contributed by atoms with E-state index in [9.17, 15) is 0 Å². The average Bonchev–Trinajstić information content (AvgIpc) is 2.49. The fourth-order valence-electron chi connectivity index (χ4n) is 1.31. The lowest BCUT2D eigenvalue weighted by molar-refractivity contribution is 0.00915. The Balaban J connectivity index is 2.57. The van der Waals surface area contributed by atoms with Crippen molar-refractivity contribution in [1.29, 1.82) is 0 Å². The third-order valence-electron chi connectivity index (χ3n) is 2.22. The largest absolute Gasteiger partial charge is 0.377 e. The van der Waals surface area contributed by atoms with Crippen molar-refractivity contribution in [3.8, 4) is 0 Å². The van der Waals surface area contributed by atoms with Gasteiger partial charge in [-0.25, -0.2) is 0 Å². The van der Waals surface area contributed by atoms with E-state index >= 15 is 0 Å². The molecule has 2 unspecified atom stereocenters. The molecule has 0 saturated heterocycles. The minimum absolute atomic E-state index is 0.165. The molecule has 0 radical (unpaired) electrons. The molecule has 3 heteroatoms. The molecule has 0 fully saturated rings. The predicted molar refractivity (Wildman–Crippen MR) is 43.3 cm³/mol. The van der Waals surface area contributed by atoms with Crippen LogP contribution in [0.2, 0.25) is 0 Å². The molecule has 0 heterocycles. The number of hydrogen-bond donors (Lipinski definition) is 1. The van der Waals surface area contributed by atoms with Gasteiger partial charge in [0.2, 0.25) is 0 Å². The first-order valence-corrected chi connectivity index (χ1v) is 3.74. The normalized spacial score (nSPS) is 36.5. The van der Waals surface area contributed by atoms with Crippen molar-refractivity contribution < 1.29 is 9.47 Å². The molecule has 0 aromatic rings. The summed E-state index contributed by atoms with van der Waals surface area (Å²) in [5.41, 5.74) is 5.29. The predicted octanol–water partition coefficient (Wildman–Crippen LogP) is 0.305. The molecule has 0 aromatic heterocycles. The van der Waals surface area contributed by atoms with Crippen LogP contribution >= 0.6 is 0 Å². The fourth-order valence-corrected chi connectivity index (χ4v) is 1.31. The minimum Gasteiger partial charge on any atom is -0.377 e. The second-order valence-corrected chi connectivity index (χ2v) is 2.81. The third kappa shape index (κ3) is 1.61. The van der Waals surface area contributed by atoms with E-state index in [1.54, 1.807) is 14.2 Å². The molecule has 0 amide bonds. The van der Waals surface area contributed by atoms with Gasteiger partial charge in [0.25, 0.3) is 0 Å². The number of hydrogen-bond acceptors (Lipinski definition) is 3. The van der Waals surface area contributed by atoms with E-state index < -0.39 is 0 Å². The summed E-state index contributed by atoms with van der Waals surface area (Å²) in [6.45, 7) is 0.514. The smallest absolute Gasteiger partial charge is 0.101 e. The maximum atomic E-state index is 5.56. The zero-order valence-corrected chi connectivity index (χ0v) is 7.04. The van der Waals surface area contributed by atoms with Gasteiger partial charge in [-0.05, 0) is 0 Å². The number of rotatable bonds is 3. The van der Waals surface area contributed by atoms with Crippen LogP contribution in [-0.2, 0) is 9.47 Å². The van der Waals surface area contributed by atoms with Crippen LogP contribution < -0.4 is 5.73 Å². The molecule has 2 atom stereocenters. The Kier molecular flexibility index (Phi) is 2.65. The van der Waals surface area contributed by atoms with Gasteiger partial charge in [0.1, 0.15) is 5.60 Å². The summed E-state index contributed by atoms with van der Waals surface area (Å²) in [5.74, 6) is 0. The maximum Gasteiger partial charge on any atom is 0.101 e. The molecule has 11 heavy (non-hydrogen) atoms. The van der Waals surface area contributed by atoms with Gasteiger partial charge >= 0.3 is 0 Å². The minimum atomic E-state index is -0.277. The molecule has 0 saturated carbocycles. The Labute approximate surface area is 67.2 Å². The van der Waals surface area contributed by atoms with Gasteiger partial charge in [0.05, 0.1) is 6.10 Å². The van der Waals surface area contributed by atoms with Gasteiger partial charge in [-0.2, -0.15) is 0 Å². The van der Waals surface area contributed by atoms with E-state index in [0.717, 1.165) is 6.42 Å². The van der Waals surface area contributed by atoms with E-state index in [1.807, 2.05) is 12.2 Å². The van der Waals surface area contributed by atoms with E-state index in [-0.39, 0.29) is 11.7 Å². The van der Waals surface area contributed by atoms with E-state index in [2.05, 4.69) is 0 Å².